The lowest BCUT2D eigenvalue weighted by molar-refractivity contribution is 0.0600. The minimum atomic E-state index is -0.277. The first-order valence-electron chi connectivity index (χ1n) is 5.55. The third kappa shape index (κ3) is 1.95. The molecule has 86 valence electrons. The van der Waals surface area contributed by atoms with E-state index in [2.05, 4.69) is 17.0 Å². The van der Waals surface area contributed by atoms with Crippen LogP contribution in [-0.2, 0) is 10.2 Å². The van der Waals surface area contributed by atoms with E-state index in [1.165, 1.54) is 12.7 Å². The van der Waals surface area contributed by atoms with Gasteiger partial charge in [-0.1, -0.05) is 19.1 Å². The van der Waals surface area contributed by atoms with Gasteiger partial charge in [-0.3, -0.25) is 0 Å². The summed E-state index contributed by atoms with van der Waals surface area (Å²) < 4.78 is 4.68. The van der Waals surface area contributed by atoms with E-state index in [9.17, 15) is 4.79 Å². The van der Waals surface area contributed by atoms with Crippen LogP contribution in [0, 0.1) is 0 Å². The van der Waals surface area contributed by atoms with Crippen LogP contribution in [0.4, 0.5) is 0 Å². The highest BCUT2D eigenvalue weighted by Crippen LogP contribution is 2.30. The number of benzene rings is 1. The predicted molar refractivity (Wildman–Crippen MR) is 62.6 cm³/mol. The van der Waals surface area contributed by atoms with Crippen LogP contribution < -0.4 is 5.32 Å². The molecule has 1 fully saturated rings. The van der Waals surface area contributed by atoms with Crippen molar-refractivity contribution < 1.29 is 9.53 Å². The first kappa shape index (κ1) is 11.1. The third-order valence-corrected chi connectivity index (χ3v) is 3.37. The summed E-state index contributed by atoms with van der Waals surface area (Å²) in [6.07, 6.45) is 1.14. The van der Waals surface area contributed by atoms with Gasteiger partial charge in [0.05, 0.1) is 12.7 Å². The van der Waals surface area contributed by atoms with Gasteiger partial charge in [0.1, 0.15) is 0 Å². The van der Waals surface area contributed by atoms with E-state index in [-0.39, 0.29) is 11.4 Å². The average Bonchev–Trinajstić information content (AvgIpc) is 2.77. The molecule has 1 aliphatic heterocycles. The second kappa shape index (κ2) is 4.26. The quantitative estimate of drug-likeness (QED) is 0.770. The van der Waals surface area contributed by atoms with E-state index in [0.29, 0.717) is 5.56 Å². The van der Waals surface area contributed by atoms with E-state index in [0.717, 1.165) is 19.5 Å². The molecule has 1 aliphatic rings. The second-order valence-corrected chi connectivity index (χ2v) is 4.56. The zero-order valence-electron chi connectivity index (χ0n) is 9.75. The molecule has 0 bridgehead atoms. The van der Waals surface area contributed by atoms with Crippen molar-refractivity contribution in [1.29, 1.82) is 0 Å². The highest BCUT2D eigenvalue weighted by atomic mass is 16.5. The molecule has 3 heteroatoms. The molecule has 2 rings (SSSR count). The molecular weight excluding hydrogens is 202 g/mol. The van der Waals surface area contributed by atoms with Gasteiger partial charge in [-0.05, 0) is 30.7 Å². The molecular formula is C13H17NO2. The average molecular weight is 219 g/mol. The molecule has 1 unspecified atom stereocenters. The van der Waals surface area contributed by atoms with Crippen molar-refractivity contribution in [3.63, 3.8) is 0 Å². The van der Waals surface area contributed by atoms with Crippen LogP contribution in [-0.4, -0.2) is 26.2 Å². The lowest BCUT2D eigenvalue weighted by Gasteiger charge is -2.23. The monoisotopic (exact) mass is 219 g/mol. The van der Waals surface area contributed by atoms with Gasteiger partial charge in [-0.2, -0.15) is 0 Å². The number of nitrogens with one attached hydrogen (secondary N) is 1. The van der Waals surface area contributed by atoms with Gasteiger partial charge in [0, 0.05) is 12.0 Å². The fourth-order valence-corrected chi connectivity index (χ4v) is 2.19. The summed E-state index contributed by atoms with van der Waals surface area (Å²) in [4.78, 5) is 11.3. The molecule has 0 saturated carbocycles. The van der Waals surface area contributed by atoms with Crippen LogP contribution in [0.1, 0.15) is 29.3 Å². The van der Waals surface area contributed by atoms with Crippen LogP contribution in [0.3, 0.4) is 0 Å². The molecule has 1 aromatic rings. The molecule has 16 heavy (non-hydrogen) atoms. The number of esters is 1. The van der Waals surface area contributed by atoms with E-state index >= 15 is 0 Å². The fraction of sp³-hybridized carbons (Fsp3) is 0.462. The third-order valence-electron chi connectivity index (χ3n) is 3.37. The Kier molecular flexibility index (Phi) is 2.97. The molecule has 1 atom stereocenters. The zero-order chi connectivity index (χ0) is 11.6. The number of carbonyl (C=O) groups excluding carboxylic acids is 1. The first-order chi connectivity index (χ1) is 7.65. The summed E-state index contributed by atoms with van der Waals surface area (Å²) in [6.45, 7) is 4.32. The van der Waals surface area contributed by atoms with Crippen molar-refractivity contribution in [2.45, 2.75) is 18.8 Å². The van der Waals surface area contributed by atoms with Crippen molar-refractivity contribution in [3.8, 4) is 0 Å². The first-order valence-corrected chi connectivity index (χ1v) is 5.55. The van der Waals surface area contributed by atoms with Crippen LogP contribution in [0.25, 0.3) is 0 Å². The lowest BCUT2D eigenvalue weighted by atomic mass is 9.81. The van der Waals surface area contributed by atoms with Crippen LogP contribution in [0.5, 0.6) is 0 Å². The molecule has 0 aliphatic carbocycles. The summed E-state index contributed by atoms with van der Waals surface area (Å²) >= 11 is 0. The number of methoxy groups -OCH3 is 1. The van der Waals surface area contributed by atoms with Crippen LogP contribution in [0.2, 0.25) is 0 Å². The van der Waals surface area contributed by atoms with Crippen molar-refractivity contribution in [2.75, 3.05) is 20.2 Å². The van der Waals surface area contributed by atoms with Crippen molar-refractivity contribution in [2.24, 2.45) is 0 Å². The molecule has 0 spiro atoms. The van der Waals surface area contributed by atoms with Crippen molar-refractivity contribution >= 4 is 5.97 Å². The number of hydrogen-bond donors (Lipinski definition) is 1. The Morgan fingerprint density at radius 3 is 2.56 bits per heavy atom. The summed E-state index contributed by atoms with van der Waals surface area (Å²) in [5, 5.41) is 3.37. The molecule has 0 radical (unpaired) electrons. The topological polar surface area (TPSA) is 38.3 Å². The maximum absolute atomic E-state index is 11.3. The normalized spacial score (nSPS) is 24.4. The Morgan fingerprint density at radius 1 is 1.38 bits per heavy atom. The van der Waals surface area contributed by atoms with E-state index < -0.39 is 0 Å². The van der Waals surface area contributed by atoms with E-state index in [4.69, 9.17) is 0 Å². The summed E-state index contributed by atoms with van der Waals surface area (Å²) in [7, 11) is 1.40. The highest BCUT2D eigenvalue weighted by Gasteiger charge is 2.30. The molecule has 1 aromatic carbocycles. The van der Waals surface area contributed by atoms with E-state index in [1.807, 2.05) is 24.3 Å². The number of rotatable bonds is 2. The maximum atomic E-state index is 11.3. The van der Waals surface area contributed by atoms with Gasteiger partial charge in [-0.15, -0.1) is 0 Å². The van der Waals surface area contributed by atoms with Gasteiger partial charge >= 0.3 is 5.97 Å². The zero-order valence-corrected chi connectivity index (χ0v) is 9.75. The highest BCUT2D eigenvalue weighted by molar-refractivity contribution is 5.89. The molecule has 1 heterocycles. The second-order valence-electron chi connectivity index (χ2n) is 4.56. The largest absolute Gasteiger partial charge is 0.465 e. The van der Waals surface area contributed by atoms with Crippen LogP contribution in [0.15, 0.2) is 24.3 Å². The summed E-state index contributed by atoms with van der Waals surface area (Å²) in [5.74, 6) is -0.277. The van der Waals surface area contributed by atoms with Crippen molar-refractivity contribution in [3.05, 3.63) is 35.4 Å². The molecule has 0 amide bonds. The standard InChI is InChI=1S/C13H17NO2/c1-13(7-8-14-9-13)11-5-3-10(4-6-11)12(15)16-2/h3-6,14H,7-9H2,1-2H3. The number of ether oxygens (including phenoxy) is 1. The maximum Gasteiger partial charge on any atom is 0.337 e. The van der Waals surface area contributed by atoms with Gasteiger partial charge in [0.25, 0.3) is 0 Å². The van der Waals surface area contributed by atoms with Gasteiger partial charge in [-0.25, -0.2) is 4.79 Å². The lowest BCUT2D eigenvalue weighted by Crippen LogP contribution is -2.24. The van der Waals surface area contributed by atoms with E-state index in [1.54, 1.807) is 0 Å². The number of carbonyl (C=O) groups is 1. The smallest absolute Gasteiger partial charge is 0.337 e. The SMILES string of the molecule is COC(=O)c1ccc(C2(C)CCNC2)cc1. The minimum Gasteiger partial charge on any atom is -0.465 e. The fourth-order valence-electron chi connectivity index (χ4n) is 2.19. The van der Waals surface area contributed by atoms with Crippen molar-refractivity contribution in [1.82, 2.24) is 5.32 Å². The Hall–Kier alpha value is -1.35. The minimum absolute atomic E-state index is 0.203. The Bertz CT molecular complexity index is 377. The molecule has 1 saturated heterocycles. The van der Waals surface area contributed by atoms with Crippen LogP contribution >= 0.6 is 0 Å². The van der Waals surface area contributed by atoms with Gasteiger partial charge in [0.15, 0.2) is 0 Å². The summed E-state index contributed by atoms with van der Waals surface area (Å²) in [5.41, 5.74) is 2.10. The van der Waals surface area contributed by atoms with Gasteiger partial charge < -0.3 is 10.1 Å². The molecule has 1 N–H and O–H groups in total. The Morgan fingerprint density at radius 2 is 2.06 bits per heavy atom. The summed E-state index contributed by atoms with van der Waals surface area (Å²) in [6, 6.07) is 7.73. The molecule has 0 aromatic heterocycles. The van der Waals surface area contributed by atoms with Gasteiger partial charge in [0.2, 0.25) is 0 Å². The predicted octanol–water partition coefficient (Wildman–Crippen LogP) is 1.72. The number of hydrogen-bond acceptors (Lipinski definition) is 3. The Balaban J connectivity index is 2.22. The Labute approximate surface area is 95.8 Å². The molecule has 3 nitrogen and oxygen atoms in total.